The fraction of sp³-hybridized carbons (Fsp3) is 0.148. The Morgan fingerprint density at radius 2 is 1.76 bits per heavy atom. The van der Waals surface area contributed by atoms with Gasteiger partial charge in [0, 0.05) is 16.9 Å². The van der Waals surface area contributed by atoms with Crippen LogP contribution >= 0.6 is 11.3 Å². The van der Waals surface area contributed by atoms with Gasteiger partial charge in [-0.15, -0.1) is 11.3 Å². The average molecular weight is 456 g/mol. The van der Waals surface area contributed by atoms with E-state index in [-0.39, 0.29) is 6.42 Å². The molecule has 2 heterocycles. The zero-order valence-electron chi connectivity index (χ0n) is 18.6. The highest BCUT2D eigenvalue weighted by Crippen LogP contribution is 2.30. The summed E-state index contributed by atoms with van der Waals surface area (Å²) in [5.74, 6) is 0.633. The summed E-state index contributed by atoms with van der Waals surface area (Å²) in [6.07, 6.45) is 5.01. The number of thiophene rings is 1. The molecule has 5 nitrogen and oxygen atoms in total. The Bertz CT molecular complexity index is 1280. The van der Waals surface area contributed by atoms with Crippen LogP contribution in [0.2, 0.25) is 0 Å². The lowest BCUT2D eigenvalue weighted by Crippen LogP contribution is -2.05. The molecule has 0 aliphatic carbocycles. The van der Waals surface area contributed by atoms with Gasteiger partial charge in [-0.1, -0.05) is 61.5 Å². The first-order chi connectivity index (χ1) is 16.0. The fourth-order valence-corrected chi connectivity index (χ4v) is 4.37. The molecule has 0 amide bonds. The van der Waals surface area contributed by atoms with Gasteiger partial charge in [0.25, 0.3) is 0 Å². The summed E-state index contributed by atoms with van der Waals surface area (Å²) < 4.78 is 0. The third kappa shape index (κ3) is 5.73. The molecule has 4 aromatic rings. The summed E-state index contributed by atoms with van der Waals surface area (Å²) in [6.45, 7) is 4.10. The highest BCUT2D eigenvalue weighted by atomic mass is 32.1. The van der Waals surface area contributed by atoms with Crippen LogP contribution in [-0.2, 0) is 17.6 Å². The number of hydrogen-bond donors (Lipinski definition) is 2. The summed E-state index contributed by atoms with van der Waals surface area (Å²) in [5, 5.41) is 14.5. The van der Waals surface area contributed by atoms with Gasteiger partial charge < -0.3 is 10.4 Å². The maximum Gasteiger partial charge on any atom is 0.307 e. The van der Waals surface area contributed by atoms with Crippen molar-refractivity contribution >= 4 is 41.0 Å². The molecule has 2 aromatic heterocycles. The molecule has 166 valence electrons. The van der Waals surface area contributed by atoms with Crippen LogP contribution < -0.4 is 5.32 Å². The second-order valence-electron chi connectivity index (χ2n) is 7.69. The highest BCUT2D eigenvalue weighted by Gasteiger charge is 2.13. The molecule has 2 aromatic carbocycles. The monoisotopic (exact) mass is 455 g/mol. The normalized spacial score (nSPS) is 11.1. The average Bonchev–Trinajstić information content (AvgIpc) is 3.28. The summed E-state index contributed by atoms with van der Waals surface area (Å²) in [6, 6.07) is 19.7. The van der Waals surface area contributed by atoms with E-state index in [9.17, 15) is 4.79 Å². The number of carboxylic acid groups (broad SMARTS) is 1. The standard InChI is InChI=1S/C27H25N3O2S/c1-3-23-18(2)28-27(24-15-21(17-33-24)10-9-19-7-5-4-6-8-19)30-26(23)29-22-13-11-20(12-14-22)16-25(31)32/h4-15,17H,3,16H2,1-2H3,(H,31,32)(H,28,29,30)/b10-9+. The summed E-state index contributed by atoms with van der Waals surface area (Å²) in [5.41, 5.74) is 5.91. The molecule has 0 aliphatic rings. The van der Waals surface area contributed by atoms with Crippen LogP contribution in [0.25, 0.3) is 22.9 Å². The molecule has 0 bridgehead atoms. The third-order valence-electron chi connectivity index (χ3n) is 5.25. The largest absolute Gasteiger partial charge is 0.481 e. The number of nitrogens with one attached hydrogen (secondary N) is 1. The van der Waals surface area contributed by atoms with E-state index in [1.54, 1.807) is 11.3 Å². The smallest absolute Gasteiger partial charge is 0.307 e. The molecular weight excluding hydrogens is 430 g/mol. The Balaban J connectivity index is 1.58. The summed E-state index contributed by atoms with van der Waals surface area (Å²) in [4.78, 5) is 21.5. The molecule has 0 saturated carbocycles. The van der Waals surface area contributed by atoms with Gasteiger partial charge in [-0.05, 0) is 53.6 Å². The minimum Gasteiger partial charge on any atom is -0.481 e. The van der Waals surface area contributed by atoms with Gasteiger partial charge in [-0.25, -0.2) is 9.97 Å². The number of nitrogens with zero attached hydrogens (tertiary/aromatic N) is 2. The molecule has 0 atom stereocenters. The van der Waals surface area contributed by atoms with Gasteiger partial charge in [0.2, 0.25) is 0 Å². The third-order valence-corrected chi connectivity index (χ3v) is 6.19. The molecule has 0 aliphatic heterocycles. The minimum absolute atomic E-state index is 0.0106. The summed E-state index contributed by atoms with van der Waals surface area (Å²) in [7, 11) is 0. The molecule has 2 N–H and O–H groups in total. The Hall–Kier alpha value is -3.77. The SMILES string of the molecule is CCc1c(C)nc(-c2cc(/C=C/c3ccccc3)cs2)nc1Nc1ccc(CC(=O)O)cc1. The van der Waals surface area contributed by atoms with Crippen LogP contribution in [0.15, 0.2) is 66.0 Å². The van der Waals surface area contributed by atoms with Crippen molar-refractivity contribution in [3.8, 4) is 10.7 Å². The quantitative estimate of drug-likeness (QED) is 0.312. The fourth-order valence-electron chi connectivity index (χ4n) is 3.56. The van der Waals surface area contributed by atoms with Gasteiger partial charge in [0.1, 0.15) is 5.82 Å². The van der Waals surface area contributed by atoms with Gasteiger partial charge in [0.15, 0.2) is 5.82 Å². The van der Waals surface area contributed by atoms with Gasteiger partial charge in [-0.2, -0.15) is 0 Å². The van der Waals surface area contributed by atoms with Crippen molar-refractivity contribution in [3.05, 3.63) is 94.0 Å². The summed E-state index contributed by atoms with van der Waals surface area (Å²) >= 11 is 1.62. The van der Waals surface area contributed by atoms with Crippen LogP contribution in [0, 0.1) is 6.92 Å². The van der Waals surface area contributed by atoms with Crippen LogP contribution in [0.3, 0.4) is 0 Å². The number of hydrogen-bond acceptors (Lipinski definition) is 5. The zero-order valence-corrected chi connectivity index (χ0v) is 19.4. The molecule has 0 unspecified atom stereocenters. The predicted molar refractivity (Wildman–Crippen MR) is 136 cm³/mol. The van der Waals surface area contributed by atoms with E-state index in [1.807, 2.05) is 49.4 Å². The molecular formula is C27H25N3O2S. The number of anilines is 2. The number of aliphatic carboxylic acids is 1. The molecule has 6 heteroatoms. The topological polar surface area (TPSA) is 75.1 Å². The van der Waals surface area contributed by atoms with E-state index in [2.05, 4.69) is 48.0 Å². The second kappa shape index (κ2) is 10.2. The van der Waals surface area contributed by atoms with Gasteiger partial charge in [0.05, 0.1) is 11.3 Å². The number of benzene rings is 2. The molecule has 0 spiro atoms. The predicted octanol–water partition coefficient (Wildman–Crippen LogP) is 6.62. The molecule has 0 saturated heterocycles. The molecule has 0 radical (unpaired) electrons. The number of rotatable bonds is 8. The van der Waals surface area contributed by atoms with E-state index >= 15 is 0 Å². The molecule has 0 fully saturated rings. The van der Waals surface area contributed by atoms with Crippen LogP contribution in [0.5, 0.6) is 0 Å². The zero-order chi connectivity index (χ0) is 23.2. The maximum atomic E-state index is 10.9. The number of aryl methyl sites for hydroxylation is 1. The van der Waals surface area contributed by atoms with Crippen molar-refractivity contribution in [2.45, 2.75) is 26.7 Å². The van der Waals surface area contributed by atoms with Crippen molar-refractivity contribution < 1.29 is 9.90 Å². The Morgan fingerprint density at radius 3 is 2.45 bits per heavy atom. The number of carbonyl (C=O) groups is 1. The molecule has 33 heavy (non-hydrogen) atoms. The van der Waals surface area contributed by atoms with E-state index in [0.29, 0.717) is 5.82 Å². The van der Waals surface area contributed by atoms with Crippen LogP contribution in [0.4, 0.5) is 11.5 Å². The second-order valence-corrected chi connectivity index (χ2v) is 8.61. The maximum absolute atomic E-state index is 10.9. The first kappa shape index (κ1) is 22.4. The van der Waals surface area contributed by atoms with Crippen molar-refractivity contribution in [1.29, 1.82) is 0 Å². The lowest BCUT2D eigenvalue weighted by atomic mass is 10.1. The van der Waals surface area contributed by atoms with E-state index in [4.69, 9.17) is 15.1 Å². The minimum atomic E-state index is -0.839. The van der Waals surface area contributed by atoms with Crippen molar-refractivity contribution in [1.82, 2.24) is 9.97 Å². The van der Waals surface area contributed by atoms with Gasteiger partial charge >= 0.3 is 5.97 Å². The van der Waals surface area contributed by atoms with Crippen molar-refractivity contribution in [3.63, 3.8) is 0 Å². The van der Waals surface area contributed by atoms with Crippen molar-refractivity contribution in [2.24, 2.45) is 0 Å². The molecule has 4 rings (SSSR count). The van der Waals surface area contributed by atoms with Crippen molar-refractivity contribution in [2.75, 3.05) is 5.32 Å². The lowest BCUT2D eigenvalue weighted by molar-refractivity contribution is -0.136. The number of carboxylic acids is 1. The highest BCUT2D eigenvalue weighted by molar-refractivity contribution is 7.13. The lowest BCUT2D eigenvalue weighted by Gasteiger charge is -2.14. The van der Waals surface area contributed by atoms with Crippen LogP contribution in [-0.4, -0.2) is 21.0 Å². The Labute approximate surface area is 197 Å². The Kier molecular flexibility index (Phi) is 6.95. The Morgan fingerprint density at radius 1 is 1.03 bits per heavy atom. The number of aromatic nitrogens is 2. The first-order valence-electron chi connectivity index (χ1n) is 10.8. The van der Waals surface area contributed by atoms with Crippen LogP contribution in [0.1, 0.15) is 34.9 Å². The van der Waals surface area contributed by atoms with E-state index in [1.165, 1.54) is 0 Å². The van der Waals surface area contributed by atoms with E-state index < -0.39 is 5.97 Å². The first-order valence-corrected chi connectivity index (χ1v) is 11.7. The van der Waals surface area contributed by atoms with Gasteiger partial charge in [-0.3, -0.25) is 4.79 Å². The van der Waals surface area contributed by atoms with E-state index in [0.717, 1.165) is 50.8 Å².